The summed E-state index contributed by atoms with van der Waals surface area (Å²) in [4.78, 5) is 0. The van der Waals surface area contributed by atoms with Gasteiger partial charge >= 0.3 is 0 Å². The fourth-order valence-electron chi connectivity index (χ4n) is 2.73. The van der Waals surface area contributed by atoms with Crippen molar-refractivity contribution >= 4 is 0 Å². The molecule has 3 rings (SSSR count). The highest BCUT2D eigenvalue weighted by molar-refractivity contribution is 5.63. The number of alkyl halides is 1. The third kappa shape index (κ3) is 6.67. The SMILES string of the molecule is CCC1COC(CCF)OC1.CCc1ccc(-c2ccc(F)cc2)cc1F. The van der Waals surface area contributed by atoms with Crippen molar-refractivity contribution in [2.45, 2.75) is 39.4 Å². The standard InChI is InChI=1S/C14H12F2.C8H15FO2/c1-2-10-3-4-12(9-14(10)16)11-5-7-13(15)8-6-11;1-2-7-5-10-8(3-4-9)11-6-7/h3-9H,2H2,1H3;7-8H,2-6H2,1H3. The zero-order valence-corrected chi connectivity index (χ0v) is 15.9. The van der Waals surface area contributed by atoms with E-state index in [0.717, 1.165) is 30.8 Å². The molecule has 0 aliphatic carbocycles. The Morgan fingerprint density at radius 2 is 1.56 bits per heavy atom. The van der Waals surface area contributed by atoms with Crippen LogP contribution in [0.3, 0.4) is 0 Å². The minimum atomic E-state index is -0.360. The molecule has 2 nitrogen and oxygen atoms in total. The van der Waals surface area contributed by atoms with Crippen molar-refractivity contribution in [1.82, 2.24) is 0 Å². The van der Waals surface area contributed by atoms with Crippen LogP contribution in [0.2, 0.25) is 0 Å². The predicted molar refractivity (Wildman–Crippen MR) is 101 cm³/mol. The molecule has 0 atom stereocenters. The lowest BCUT2D eigenvalue weighted by Gasteiger charge is -2.28. The Labute approximate surface area is 159 Å². The van der Waals surface area contributed by atoms with Gasteiger partial charge in [-0.3, -0.25) is 4.39 Å². The summed E-state index contributed by atoms with van der Waals surface area (Å²) in [6, 6.07) is 11.2. The first kappa shape index (κ1) is 21.5. The van der Waals surface area contributed by atoms with Crippen LogP contribution in [0, 0.1) is 17.6 Å². The average molecular weight is 380 g/mol. The molecule has 0 aromatic heterocycles. The van der Waals surface area contributed by atoms with E-state index in [1.165, 1.54) is 18.2 Å². The summed E-state index contributed by atoms with van der Waals surface area (Å²) in [5.74, 6) is 0.0181. The maximum absolute atomic E-state index is 13.5. The molecule has 0 spiro atoms. The Hall–Kier alpha value is -1.85. The van der Waals surface area contributed by atoms with E-state index in [4.69, 9.17) is 9.47 Å². The van der Waals surface area contributed by atoms with Crippen molar-refractivity contribution in [3.05, 3.63) is 59.7 Å². The third-order valence-corrected chi connectivity index (χ3v) is 4.57. The summed E-state index contributed by atoms with van der Waals surface area (Å²) in [6.07, 6.45) is 1.83. The first-order valence-electron chi connectivity index (χ1n) is 9.40. The summed E-state index contributed by atoms with van der Waals surface area (Å²) >= 11 is 0. The molecule has 0 radical (unpaired) electrons. The molecule has 0 unspecified atom stereocenters. The van der Waals surface area contributed by atoms with Gasteiger partial charge in [-0.1, -0.05) is 38.1 Å². The van der Waals surface area contributed by atoms with Gasteiger partial charge in [0.05, 0.1) is 19.9 Å². The van der Waals surface area contributed by atoms with Crippen LogP contribution in [0.5, 0.6) is 0 Å². The highest BCUT2D eigenvalue weighted by atomic mass is 19.1. The number of hydrogen-bond acceptors (Lipinski definition) is 2. The lowest BCUT2D eigenvalue weighted by Crippen LogP contribution is -2.31. The van der Waals surface area contributed by atoms with Gasteiger partial charge in [-0.05, 0) is 47.7 Å². The van der Waals surface area contributed by atoms with Crippen molar-refractivity contribution in [1.29, 1.82) is 0 Å². The molecule has 1 heterocycles. The molecule has 1 fully saturated rings. The Morgan fingerprint density at radius 3 is 2.07 bits per heavy atom. The highest BCUT2D eigenvalue weighted by Gasteiger charge is 2.20. The van der Waals surface area contributed by atoms with Crippen LogP contribution in [0.4, 0.5) is 13.2 Å². The van der Waals surface area contributed by atoms with Gasteiger partial charge in [-0.15, -0.1) is 0 Å². The van der Waals surface area contributed by atoms with Gasteiger partial charge in [0.25, 0.3) is 0 Å². The van der Waals surface area contributed by atoms with E-state index in [1.54, 1.807) is 18.2 Å². The summed E-state index contributed by atoms with van der Waals surface area (Å²) < 4.78 is 48.6. The average Bonchev–Trinajstić information content (AvgIpc) is 2.70. The van der Waals surface area contributed by atoms with Crippen LogP contribution in [0.1, 0.15) is 32.3 Å². The second kappa shape index (κ2) is 11.1. The molecule has 5 heteroatoms. The van der Waals surface area contributed by atoms with Crippen molar-refractivity contribution in [3.63, 3.8) is 0 Å². The summed E-state index contributed by atoms with van der Waals surface area (Å²) in [7, 11) is 0. The second-order valence-corrected chi connectivity index (χ2v) is 6.51. The van der Waals surface area contributed by atoms with Crippen LogP contribution >= 0.6 is 0 Å². The molecule has 1 aliphatic rings. The number of aryl methyl sites for hydroxylation is 1. The zero-order valence-electron chi connectivity index (χ0n) is 15.9. The molecular formula is C22H27F3O2. The Kier molecular flexibility index (Phi) is 8.82. The van der Waals surface area contributed by atoms with Crippen LogP contribution in [0.25, 0.3) is 11.1 Å². The van der Waals surface area contributed by atoms with Gasteiger partial charge in [0.15, 0.2) is 6.29 Å². The first-order chi connectivity index (χ1) is 13.1. The van der Waals surface area contributed by atoms with Gasteiger partial charge in [0.2, 0.25) is 0 Å². The molecule has 0 bridgehead atoms. The Balaban J connectivity index is 0.000000208. The number of benzene rings is 2. The lowest BCUT2D eigenvalue weighted by molar-refractivity contribution is -0.204. The molecule has 1 aliphatic heterocycles. The first-order valence-corrected chi connectivity index (χ1v) is 9.40. The number of ether oxygens (including phenoxy) is 2. The molecule has 0 saturated carbocycles. The fourth-order valence-corrected chi connectivity index (χ4v) is 2.73. The molecule has 0 amide bonds. The molecule has 2 aromatic rings. The topological polar surface area (TPSA) is 18.5 Å². The van der Waals surface area contributed by atoms with Crippen molar-refractivity contribution < 1.29 is 22.6 Å². The molecule has 27 heavy (non-hydrogen) atoms. The zero-order chi connectivity index (χ0) is 19.6. The van der Waals surface area contributed by atoms with Gasteiger partial charge < -0.3 is 9.47 Å². The van der Waals surface area contributed by atoms with E-state index in [1.807, 2.05) is 13.0 Å². The van der Waals surface area contributed by atoms with E-state index < -0.39 is 0 Å². The normalized spacial score (nSPS) is 19.3. The van der Waals surface area contributed by atoms with Gasteiger partial charge in [-0.2, -0.15) is 0 Å². The Morgan fingerprint density at radius 1 is 0.926 bits per heavy atom. The van der Waals surface area contributed by atoms with E-state index in [2.05, 4.69) is 6.92 Å². The van der Waals surface area contributed by atoms with Gasteiger partial charge in [0.1, 0.15) is 11.6 Å². The Bertz CT molecular complexity index is 680. The van der Waals surface area contributed by atoms with Crippen LogP contribution in [-0.4, -0.2) is 26.2 Å². The van der Waals surface area contributed by atoms with E-state index in [-0.39, 0.29) is 24.6 Å². The van der Waals surface area contributed by atoms with E-state index >= 15 is 0 Å². The molecule has 1 saturated heterocycles. The summed E-state index contributed by atoms with van der Waals surface area (Å²) in [5, 5.41) is 0. The molecule has 148 valence electrons. The quantitative estimate of drug-likeness (QED) is 0.639. The number of rotatable bonds is 5. The minimum absolute atomic E-state index is 0.204. The molecule has 0 N–H and O–H groups in total. The van der Waals surface area contributed by atoms with Crippen LogP contribution in [0.15, 0.2) is 42.5 Å². The highest BCUT2D eigenvalue weighted by Crippen LogP contribution is 2.22. The van der Waals surface area contributed by atoms with Gasteiger partial charge in [0, 0.05) is 12.3 Å². The van der Waals surface area contributed by atoms with E-state index in [9.17, 15) is 13.2 Å². The van der Waals surface area contributed by atoms with Crippen LogP contribution < -0.4 is 0 Å². The smallest absolute Gasteiger partial charge is 0.160 e. The summed E-state index contributed by atoms with van der Waals surface area (Å²) in [6.45, 7) is 5.10. The molecular weight excluding hydrogens is 353 g/mol. The monoisotopic (exact) mass is 380 g/mol. The fraction of sp³-hybridized carbons (Fsp3) is 0.455. The maximum atomic E-state index is 13.5. The lowest BCUT2D eigenvalue weighted by atomic mass is 10.0. The van der Waals surface area contributed by atoms with Crippen LogP contribution in [-0.2, 0) is 15.9 Å². The summed E-state index contributed by atoms with van der Waals surface area (Å²) in [5.41, 5.74) is 2.29. The number of halogens is 3. The third-order valence-electron chi connectivity index (χ3n) is 4.57. The van der Waals surface area contributed by atoms with E-state index in [0.29, 0.717) is 24.3 Å². The largest absolute Gasteiger partial charge is 0.352 e. The predicted octanol–water partition coefficient (Wildman–Crippen LogP) is 5.94. The number of hydrogen-bond donors (Lipinski definition) is 0. The van der Waals surface area contributed by atoms with Crippen molar-refractivity contribution in [2.24, 2.45) is 5.92 Å². The minimum Gasteiger partial charge on any atom is -0.352 e. The second-order valence-electron chi connectivity index (χ2n) is 6.51. The van der Waals surface area contributed by atoms with Crippen molar-refractivity contribution in [3.8, 4) is 11.1 Å². The van der Waals surface area contributed by atoms with Gasteiger partial charge in [-0.25, -0.2) is 8.78 Å². The maximum Gasteiger partial charge on any atom is 0.160 e. The van der Waals surface area contributed by atoms with Crippen molar-refractivity contribution in [2.75, 3.05) is 19.9 Å². The molecule has 2 aromatic carbocycles.